The van der Waals surface area contributed by atoms with Gasteiger partial charge in [0.1, 0.15) is 23.9 Å². The molecule has 0 spiro atoms. The molecular weight excluding hydrogens is 498 g/mol. The van der Waals surface area contributed by atoms with Gasteiger partial charge in [0.2, 0.25) is 0 Å². The molecule has 3 aromatic carbocycles. The molecule has 0 aliphatic heterocycles. The van der Waals surface area contributed by atoms with Gasteiger partial charge in [-0.15, -0.1) is 0 Å². The second kappa shape index (κ2) is 16.0. The Bertz CT molecular complexity index is 1150. The van der Waals surface area contributed by atoms with Crippen LogP contribution in [0.5, 0.6) is 17.2 Å². The van der Waals surface area contributed by atoms with Gasteiger partial charge in [-0.05, 0) is 61.6 Å². The summed E-state index contributed by atoms with van der Waals surface area (Å²) >= 11 is 0. The molecule has 0 bridgehead atoms. The van der Waals surface area contributed by atoms with Crippen LogP contribution in [0.25, 0.3) is 0 Å². The van der Waals surface area contributed by atoms with Gasteiger partial charge in [-0.25, -0.2) is 9.59 Å². The predicted octanol–water partition coefficient (Wildman–Crippen LogP) is 5.63. The molecule has 0 aromatic heterocycles. The van der Waals surface area contributed by atoms with Crippen molar-refractivity contribution < 1.29 is 33.6 Å². The number of carboxylic acids is 1. The van der Waals surface area contributed by atoms with Gasteiger partial charge in [-0.3, -0.25) is 0 Å². The molecular formula is C31H37NO7. The predicted molar refractivity (Wildman–Crippen MR) is 149 cm³/mol. The SMILES string of the molecule is CCOC(Cc1ccc(OCCN(CCCCc2ccccc2)C(=O)Oc2cccc(OC)c2)cc1)C(=O)O. The molecule has 0 saturated carbocycles. The Hall–Kier alpha value is -4.04. The van der Waals surface area contributed by atoms with E-state index in [1.807, 2.05) is 30.3 Å². The molecule has 3 aromatic rings. The number of unbranched alkanes of at least 4 members (excludes halogenated alkanes) is 1. The highest BCUT2D eigenvalue weighted by Gasteiger charge is 2.18. The maximum Gasteiger partial charge on any atom is 0.415 e. The van der Waals surface area contributed by atoms with Crippen LogP contribution in [0.3, 0.4) is 0 Å². The lowest BCUT2D eigenvalue weighted by atomic mass is 10.1. The van der Waals surface area contributed by atoms with E-state index < -0.39 is 18.2 Å². The first-order valence-electron chi connectivity index (χ1n) is 13.2. The summed E-state index contributed by atoms with van der Waals surface area (Å²) in [4.78, 5) is 26.0. The molecule has 8 nitrogen and oxygen atoms in total. The summed E-state index contributed by atoms with van der Waals surface area (Å²) in [5, 5.41) is 9.29. The molecule has 8 heteroatoms. The van der Waals surface area contributed by atoms with Crippen LogP contribution in [0.4, 0.5) is 4.79 Å². The number of nitrogens with zero attached hydrogens (tertiary/aromatic N) is 1. The number of aryl methyl sites for hydroxylation is 1. The zero-order chi connectivity index (χ0) is 27.9. The average Bonchev–Trinajstić information content (AvgIpc) is 2.95. The lowest BCUT2D eigenvalue weighted by Gasteiger charge is -2.22. The van der Waals surface area contributed by atoms with Gasteiger partial charge in [0.15, 0.2) is 6.10 Å². The Labute approximate surface area is 230 Å². The number of hydrogen-bond donors (Lipinski definition) is 1. The summed E-state index contributed by atoms with van der Waals surface area (Å²) in [6.07, 6.45) is 1.64. The topological polar surface area (TPSA) is 94.5 Å². The average molecular weight is 536 g/mol. The second-order valence-electron chi connectivity index (χ2n) is 8.96. The van der Waals surface area contributed by atoms with E-state index in [9.17, 15) is 14.7 Å². The lowest BCUT2D eigenvalue weighted by Crippen LogP contribution is -2.37. The van der Waals surface area contributed by atoms with E-state index in [0.29, 0.717) is 36.9 Å². The minimum absolute atomic E-state index is 0.274. The molecule has 1 N–H and O–H groups in total. The second-order valence-corrected chi connectivity index (χ2v) is 8.96. The molecule has 1 unspecified atom stereocenters. The quantitative estimate of drug-likeness (QED) is 0.238. The Morgan fingerprint density at radius 2 is 1.59 bits per heavy atom. The first-order chi connectivity index (χ1) is 19.0. The van der Waals surface area contributed by atoms with Gasteiger partial charge in [-0.2, -0.15) is 0 Å². The number of aliphatic carboxylic acids is 1. The molecule has 208 valence electrons. The maximum atomic E-state index is 13.0. The van der Waals surface area contributed by atoms with Gasteiger partial charge in [-0.1, -0.05) is 48.5 Å². The maximum absolute atomic E-state index is 13.0. The van der Waals surface area contributed by atoms with Gasteiger partial charge in [0.25, 0.3) is 0 Å². The van der Waals surface area contributed by atoms with Crippen molar-refractivity contribution in [1.82, 2.24) is 4.90 Å². The number of hydrogen-bond acceptors (Lipinski definition) is 6. The van der Waals surface area contributed by atoms with Crippen LogP contribution in [0, 0.1) is 0 Å². The van der Waals surface area contributed by atoms with E-state index in [4.69, 9.17) is 18.9 Å². The molecule has 0 aliphatic carbocycles. The van der Waals surface area contributed by atoms with Crippen LogP contribution < -0.4 is 14.2 Å². The number of ether oxygens (including phenoxy) is 4. The van der Waals surface area contributed by atoms with Crippen molar-refractivity contribution in [1.29, 1.82) is 0 Å². The summed E-state index contributed by atoms with van der Waals surface area (Å²) in [5.74, 6) is 0.670. The van der Waals surface area contributed by atoms with Crippen molar-refractivity contribution >= 4 is 12.1 Å². The highest BCUT2D eigenvalue weighted by Crippen LogP contribution is 2.20. The highest BCUT2D eigenvalue weighted by molar-refractivity contribution is 5.72. The summed E-state index contributed by atoms with van der Waals surface area (Å²) in [5.41, 5.74) is 2.11. The Morgan fingerprint density at radius 1 is 0.846 bits per heavy atom. The largest absolute Gasteiger partial charge is 0.497 e. The van der Waals surface area contributed by atoms with Gasteiger partial charge < -0.3 is 29.0 Å². The number of carbonyl (C=O) groups excluding carboxylic acids is 1. The van der Waals surface area contributed by atoms with E-state index >= 15 is 0 Å². The molecule has 0 saturated heterocycles. The van der Waals surface area contributed by atoms with Crippen LogP contribution in [0.2, 0.25) is 0 Å². The van der Waals surface area contributed by atoms with Gasteiger partial charge in [0.05, 0.1) is 13.7 Å². The fourth-order valence-corrected chi connectivity index (χ4v) is 4.03. The van der Waals surface area contributed by atoms with Crippen LogP contribution in [0.1, 0.15) is 30.9 Å². The standard InChI is InChI=1S/C31H37NO7/c1-3-37-29(30(33)34)22-25-15-17-26(18-16-25)38-21-20-32(19-8-7-12-24-10-5-4-6-11-24)31(35)39-28-14-9-13-27(23-28)36-2/h4-6,9-11,13-18,23,29H,3,7-8,12,19-22H2,1-2H3,(H,33,34). The molecule has 39 heavy (non-hydrogen) atoms. The molecule has 3 rings (SSSR count). The highest BCUT2D eigenvalue weighted by atomic mass is 16.6. The minimum Gasteiger partial charge on any atom is -0.497 e. The fraction of sp³-hybridized carbons (Fsp3) is 0.355. The molecule has 0 heterocycles. The van der Waals surface area contributed by atoms with Crippen molar-refractivity contribution in [2.24, 2.45) is 0 Å². The van der Waals surface area contributed by atoms with Crippen molar-refractivity contribution in [2.45, 2.75) is 38.7 Å². The first-order valence-corrected chi connectivity index (χ1v) is 13.2. The van der Waals surface area contributed by atoms with E-state index in [2.05, 4.69) is 12.1 Å². The van der Waals surface area contributed by atoms with Crippen LogP contribution in [-0.2, 0) is 22.4 Å². The third-order valence-electron chi connectivity index (χ3n) is 6.11. The Kier molecular flexibility index (Phi) is 12.1. The lowest BCUT2D eigenvalue weighted by molar-refractivity contribution is -0.149. The normalized spacial score (nSPS) is 11.4. The summed E-state index contributed by atoms with van der Waals surface area (Å²) in [6, 6.07) is 24.4. The summed E-state index contributed by atoms with van der Waals surface area (Å²) < 4.78 is 22.0. The molecule has 1 atom stereocenters. The molecule has 0 aliphatic rings. The van der Waals surface area contributed by atoms with E-state index in [0.717, 1.165) is 24.8 Å². The first kappa shape index (κ1) is 29.5. The van der Waals surface area contributed by atoms with E-state index in [1.54, 1.807) is 55.3 Å². The zero-order valence-electron chi connectivity index (χ0n) is 22.6. The third-order valence-corrected chi connectivity index (χ3v) is 6.11. The number of benzene rings is 3. The Morgan fingerprint density at radius 3 is 2.28 bits per heavy atom. The smallest absolute Gasteiger partial charge is 0.415 e. The van der Waals surface area contributed by atoms with Crippen molar-refractivity contribution in [3.63, 3.8) is 0 Å². The third kappa shape index (κ3) is 10.3. The molecule has 0 fully saturated rings. The van der Waals surface area contributed by atoms with Crippen LogP contribution in [-0.4, -0.2) is 61.6 Å². The van der Waals surface area contributed by atoms with Crippen molar-refractivity contribution in [2.75, 3.05) is 33.4 Å². The Balaban J connectivity index is 1.55. The van der Waals surface area contributed by atoms with Crippen molar-refractivity contribution in [3.05, 3.63) is 90.0 Å². The monoisotopic (exact) mass is 535 g/mol. The summed E-state index contributed by atoms with van der Waals surface area (Å²) in [7, 11) is 1.56. The van der Waals surface area contributed by atoms with Crippen LogP contribution >= 0.6 is 0 Å². The summed E-state index contributed by atoms with van der Waals surface area (Å²) in [6.45, 7) is 3.27. The van der Waals surface area contributed by atoms with Gasteiger partial charge in [0, 0.05) is 25.6 Å². The number of carbonyl (C=O) groups is 2. The number of carboxylic acid groups (broad SMARTS) is 1. The van der Waals surface area contributed by atoms with Crippen molar-refractivity contribution in [3.8, 4) is 17.2 Å². The number of amides is 1. The van der Waals surface area contributed by atoms with E-state index in [-0.39, 0.29) is 13.0 Å². The number of methoxy groups -OCH3 is 1. The fourth-order valence-electron chi connectivity index (χ4n) is 4.03. The van der Waals surface area contributed by atoms with Gasteiger partial charge >= 0.3 is 12.1 Å². The molecule has 0 radical (unpaired) electrons. The van der Waals surface area contributed by atoms with E-state index in [1.165, 1.54) is 5.56 Å². The molecule has 1 amide bonds. The number of rotatable bonds is 16. The minimum atomic E-state index is -0.984. The zero-order valence-corrected chi connectivity index (χ0v) is 22.6. The van der Waals surface area contributed by atoms with Crippen LogP contribution in [0.15, 0.2) is 78.9 Å².